The number of aromatic nitrogens is 2. The molecule has 1 atom stereocenters. The number of aryl methyl sites for hydroxylation is 2. The van der Waals surface area contributed by atoms with E-state index in [2.05, 4.69) is 9.97 Å². The number of hydrogen-bond donors (Lipinski definition) is 1. The summed E-state index contributed by atoms with van der Waals surface area (Å²) in [6, 6.07) is 13.3. The van der Waals surface area contributed by atoms with Crippen LogP contribution in [0.5, 0.6) is 11.5 Å². The van der Waals surface area contributed by atoms with Gasteiger partial charge in [0, 0.05) is 18.9 Å². The van der Waals surface area contributed by atoms with Crippen LogP contribution in [0.3, 0.4) is 0 Å². The van der Waals surface area contributed by atoms with Crippen LogP contribution in [0.4, 0.5) is 11.4 Å². The van der Waals surface area contributed by atoms with Gasteiger partial charge >= 0.3 is 0 Å². The van der Waals surface area contributed by atoms with Gasteiger partial charge < -0.3 is 9.64 Å². The van der Waals surface area contributed by atoms with Crippen molar-refractivity contribution < 1.29 is 17.7 Å². The summed E-state index contributed by atoms with van der Waals surface area (Å²) in [5.74, 6) is 1.53. The van der Waals surface area contributed by atoms with E-state index in [9.17, 15) is 13.0 Å². The van der Waals surface area contributed by atoms with E-state index in [0.717, 1.165) is 28.3 Å². The highest BCUT2D eigenvalue weighted by Crippen LogP contribution is 2.48. The minimum Gasteiger partial charge on any atom is -0.453 e. The first-order chi connectivity index (χ1) is 13.8. The number of anilines is 2. The molecular formula is C21H21N3O4S. The summed E-state index contributed by atoms with van der Waals surface area (Å²) in [7, 11) is -4.37. The maximum atomic E-state index is 12.0. The summed E-state index contributed by atoms with van der Waals surface area (Å²) in [6.07, 6.45) is 3.04. The summed E-state index contributed by atoms with van der Waals surface area (Å²) in [5, 5.41) is -1.21. The predicted octanol–water partition coefficient (Wildman–Crippen LogP) is 4.36. The number of fused-ring (bicyclic) bond motifs is 2. The molecule has 2 aromatic carbocycles. The molecule has 3 aromatic rings. The maximum absolute atomic E-state index is 12.0. The second kappa shape index (κ2) is 7.46. The first kappa shape index (κ1) is 19.4. The van der Waals surface area contributed by atoms with Crippen LogP contribution in [-0.2, 0) is 10.1 Å². The molecule has 1 aliphatic rings. The van der Waals surface area contributed by atoms with Crippen LogP contribution in [0.2, 0.25) is 0 Å². The predicted molar refractivity (Wildman–Crippen MR) is 110 cm³/mol. The van der Waals surface area contributed by atoms with Crippen molar-refractivity contribution in [3.63, 3.8) is 0 Å². The molecule has 1 unspecified atom stereocenters. The van der Waals surface area contributed by atoms with E-state index >= 15 is 0 Å². The Morgan fingerprint density at radius 2 is 1.79 bits per heavy atom. The second-order valence-corrected chi connectivity index (χ2v) is 8.65. The molecule has 2 heterocycles. The van der Waals surface area contributed by atoms with Crippen LogP contribution < -0.4 is 9.64 Å². The Bertz CT molecular complexity index is 1150. The lowest BCUT2D eigenvalue weighted by Crippen LogP contribution is -2.26. The Balaban J connectivity index is 1.73. The van der Waals surface area contributed by atoms with Crippen molar-refractivity contribution in [2.75, 3.05) is 11.4 Å². The average Bonchev–Trinajstić information content (AvgIpc) is 2.68. The van der Waals surface area contributed by atoms with Gasteiger partial charge in [-0.15, -0.1) is 0 Å². The van der Waals surface area contributed by atoms with Crippen LogP contribution in [-0.4, -0.2) is 29.5 Å². The monoisotopic (exact) mass is 411 g/mol. The molecule has 0 bridgehead atoms. The smallest absolute Gasteiger partial charge is 0.275 e. The zero-order chi connectivity index (χ0) is 20.6. The lowest BCUT2D eigenvalue weighted by molar-refractivity contribution is 0.457. The largest absolute Gasteiger partial charge is 0.453 e. The average molecular weight is 411 g/mol. The summed E-state index contributed by atoms with van der Waals surface area (Å²) < 4.78 is 40.0. The molecule has 1 N–H and O–H groups in total. The number of para-hydroxylation sites is 2. The van der Waals surface area contributed by atoms with Crippen molar-refractivity contribution in [3.8, 4) is 11.5 Å². The van der Waals surface area contributed by atoms with Gasteiger partial charge in [0.15, 0.2) is 11.5 Å². The van der Waals surface area contributed by atoms with Gasteiger partial charge in [0.25, 0.3) is 10.1 Å². The summed E-state index contributed by atoms with van der Waals surface area (Å²) in [5.41, 5.74) is 3.78. The Morgan fingerprint density at radius 1 is 1.07 bits per heavy atom. The van der Waals surface area contributed by atoms with Crippen LogP contribution >= 0.6 is 0 Å². The Hall–Kier alpha value is -2.97. The minimum atomic E-state index is -4.37. The van der Waals surface area contributed by atoms with E-state index in [-0.39, 0.29) is 12.2 Å². The van der Waals surface area contributed by atoms with E-state index in [1.54, 1.807) is 6.07 Å². The van der Waals surface area contributed by atoms with Gasteiger partial charge in [-0.2, -0.15) is 8.42 Å². The summed E-state index contributed by atoms with van der Waals surface area (Å²) in [6.45, 7) is 4.32. The van der Waals surface area contributed by atoms with Crippen molar-refractivity contribution >= 4 is 21.5 Å². The number of nitrogens with zero attached hydrogens (tertiary/aromatic N) is 3. The van der Waals surface area contributed by atoms with Gasteiger partial charge in [0.2, 0.25) is 0 Å². The molecule has 29 heavy (non-hydrogen) atoms. The highest BCUT2D eigenvalue weighted by Gasteiger charge is 2.31. The minimum absolute atomic E-state index is 0.0807. The fraction of sp³-hybridized carbons (Fsp3) is 0.238. The Kier molecular flexibility index (Phi) is 4.97. The zero-order valence-corrected chi connectivity index (χ0v) is 16.9. The standard InChI is InChI=1S/C21H21N3O4S/c1-14-12-15(2)20-17(13-14)24(16-6-3-4-7-18(16)28-20)11-8-19(29(25,26)27)21-22-9-5-10-23-21/h3-7,9-10,12-13,19H,8,11H2,1-2H3,(H,25,26,27). The molecule has 0 radical (unpaired) electrons. The molecule has 1 aliphatic heterocycles. The van der Waals surface area contributed by atoms with Gasteiger partial charge in [-0.25, -0.2) is 9.97 Å². The molecule has 150 valence electrons. The van der Waals surface area contributed by atoms with Crippen LogP contribution in [0.25, 0.3) is 0 Å². The fourth-order valence-corrected chi connectivity index (χ4v) is 4.44. The first-order valence-electron chi connectivity index (χ1n) is 9.23. The molecule has 0 fully saturated rings. The molecule has 0 saturated heterocycles. The van der Waals surface area contributed by atoms with Crippen molar-refractivity contribution in [3.05, 3.63) is 71.8 Å². The summed E-state index contributed by atoms with van der Waals surface area (Å²) in [4.78, 5) is 10.1. The van der Waals surface area contributed by atoms with Crippen LogP contribution in [0, 0.1) is 13.8 Å². The topological polar surface area (TPSA) is 92.6 Å². The highest BCUT2D eigenvalue weighted by atomic mass is 32.2. The molecule has 0 saturated carbocycles. The first-order valence-corrected chi connectivity index (χ1v) is 10.7. The van der Waals surface area contributed by atoms with Gasteiger partial charge in [-0.3, -0.25) is 4.55 Å². The lowest BCUT2D eigenvalue weighted by Gasteiger charge is -2.34. The summed E-state index contributed by atoms with van der Waals surface area (Å²) >= 11 is 0. The molecule has 4 rings (SSSR count). The third-order valence-corrected chi connectivity index (χ3v) is 6.07. The van der Waals surface area contributed by atoms with E-state index in [0.29, 0.717) is 12.3 Å². The van der Waals surface area contributed by atoms with E-state index in [1.165, 1.54) is 12.4 Å². The van der Waals surface area contributed by atoms with Gasteiger partial charge in [0.05, 0.1) is 11.4 Å². The lowest BCUT2D eigenvalue weighted by atomic mass is 10.1. The molecule has 0 aliphatic carbocycles. The van der Waals surface area contributed by atoms with Crippen molar-refractivity contribution in [2.24, 2.45) is 0 Å². The van der Waals surface area contributed by atoms with E-state index in [1.807, 2.05) is 55.1 Å². The van der Waals surface area contributed by atoms with Crippen molar-refractivity contribution in [2.45, 2.75) is 25.5 Å². The quantitative estimate of drug-likeness (QED) is 0.624. The SMILES string of the molecule is Cc1cc(C)c2c(c1)N(CCC(c1ncccn1)S(=O)(=O)O)c1ccccc1O2. The van der Waals surface area contributed by atoms with Gasteiger partial charge in [-0.1, -0.05) is 18.2 Å². The molecular weight excluding hydrogens is 390 g/mol. The molecule has 7 nitrogen and oxygen atoms in total. The number of rotatable bonds is 5. The van der Waals surface area contributed by atoms with Gasteiger partial charge in [0.1, 0.15) is 11.1 Å². The highest BCUT2D eigenvalue weighted by molar-refractivity contribution is 7.86. The van der Waals surface area contributed by atoms with Crippen molar-refractivity contribution in [1.29, 1.82) is 0 Å². The van der Waals surface area contributed by atoms with E-state index < -0.39 is 15.4 Å². The number of hydrogen-bond acceptors (Lipinski definition) is 6. The number of benzene rings is 2. The molecule has 1 aromatic heterocycles. The van der Waals surface area contributed by atoms with Crippen molar-refractivity contribution in [1.82, 2.24) is 9.97 Å². The normalized spacial score (nSPS) is 14.0. The second-order valence-electron chi connectivity index (χ2n) is 7.05. The van der Waals surface area contributed by atoms with Crippen LogP contribution in [0.1, 0.15) is 28.6 Å². The molecule has 0 amide bonds. The molecule has 0 spiro atoms. The fourth-order valence-electron chi connectivity index (χ4n) is 3.65. The van der Waals surface area contributed by atoms with E-state index in [4.69, 9.17) is 4.74 Å². The molecule has 8 heteroatoms. The number of ether oxygens (including phenoxy) is 1. The third-order valence-electron chi connectivity index (χ3n) is 4.91. The zero-order valence-electron chi connectivity index (χ0n) is 16.1. The van der Waals surface area contributed by atoms with Crippen LogP contribution in [0.15, 0.2) is 54.9 Å². The maximum Gasteiger partial charge on any atom is 0.275 e. The Labute approximate surface area is 169 Å². The Morgan fingerprint density at radius 3 is 2.52 bits per heavy atom. The third kappa shape index (κ3) is 3.81. The van der Waals surface area contributed by atoms with Gasteiger partial charge in [-0.05, 0) is 55.7 Å².